The summed E-state index contributed by atoms with van der Waals surface area (Å²) in [6, 6.07) is 0. The first-order valence-corrected chi connectivity index (χ1v) is 9.98. The van der Waals surface area contributed by atoms with Gasteiger partial charge in [-0.1, -0.05) is 20.3 Å². The van der Waals surface area contributed by atoms with E-state index < -0.39 is 0 Å². The first-order chi connectivity index (χ1) is 12.4. The molecule has 4 rings (SSSR count). The fraction of sp³-hybridized carbons (Fsp3) is 0.950. The average molecular weight is 367 g/mol. The number of likely N-dealkylation sites (N-methyl/N-ethyl adjacent to an activating group) is 1. The van der Waals surface area contributed by atoms with Gasteiger partial charge in [-0.15, -0.1) is 0 Å². The van der Waals surface area contributed by atoms with Crippen LogP contribution in [0.5, 0.6) is 0 Å². The Morgan fingerprint density at radius 2 is 2.08 bits per heavy atom. The molecular formula is C20H33NO5. The Kier molecular flexibility index (Phi) is 4.62. The van der Waals surface area contributed by atoms with E-state index in [4.69, 9.17) is 18.9 Å². The molecule has 4 fully saturated rings. The maximum atomic E-state index is 12.7. The van der Waals surface area contributed by atoms with Crippen LogP contribution in [0.4, 0.5) is 0 Å². The largest absolute Gasteiger partial charge is 0.462 e. The van der Waals surface area contributed by atoms with Crippen molar-refractivity contribution in [1.82, 2.24) is 4.90 Å². The first kappa shape index (κ1) is 18.7. The van der Waals surface area contributed by atoms with Crippen LogP contribution in [0.3, 0.4) is 0 Å². The average Bonchev–Trinajstić information content (AvgIpc) is 3.28. The summed E-state index contributed by atoms with van der Waals surface area (Å²) in [6.45, 7) is 5.97. The van der Waals surface area contributed by atoms with E-state index >= 15 is 0 Å². The van der Waals surface area contributed by atoms with Gasteiger partial charge < -0.3 is 23.8 Å². The second kappa shape index (κ2) is 6.43. The lowest BCUT2D eigenvalue weighted by atomic mass is 9.53. The summed E-state index contributed by atoms with van der Waals surface area (Å²) in [5, 5.41) is 0. The van der Waals surface area contributed by atoms with Crippen molar-refractivity contribution in [3.8, 4) is 0 Å². The summed E-state index contributed by atoms with van der Waals surface area (Å²) >= 11 is 0. The Balaban J connectivity index is 1.51. The van der Waals surface area contributed by atoms with Gasteiger partial charge >= 0.3 is 5.97 Å². The topological polar surface area (TPSA) is 60.5 Å². The highest BCUT2D eigenvalue weighted by atomic mass is 16.7. The van der Waals surface area contributed by atoms with Gasteiger partial charge in [-0.2, -0.15) is 0 Å². The van der Waals surface area contributed by atoms with E-state index in [0.29, 0.717) is 19.0 Å². The van der Waals surface area contributed by atoms with Gasteiger partial charge in [-0.05, 0) is 32.2 Å². The number of hydrogen-bond donors (Lipinski definition) is 0. The summed E-state index contributed by atoms with van der Waals surface area (Å²) in [7, 11) is 5.28. The molecule has 148 valence electrons. The van der Waals surface area contributed by atoms with E-state index in [1.165, 1.54) is 19.3 Å². The van der Waals surface area contributed by atoms with E-state index in [0.717, 1.165) is 6.42 Å². The highest BCUT2D eigenvalue weighted by Gasteiger charge is 2.78. The number of hydrogen-bond acceptors (Lipinski definition) is 6. The summed E-state index contributed by atoms with van der Waals surface area (Å²) in [5.41, 5.74) is 0.119. The van der Waals surface area contributed by atoms with E-state index in [2.05, 4.69) is 18.7 Å². The Bertz CT molecular complexity index is 566. The molecule has 26 heavy (non-hydrogen) atoms. The van der Waals surface area contributed by atoms with Crippen LogP contribution < -0.4 is 0 Å². The Morgan fingerprint density at radius 3 is 2.77 bits per heavy atom. The number of carbonyl (C=O) groups excluding carboxylic acids is 1. The van der Waals surface area contributed by atoms with Crippen LogP contribution in [0, 0.1) is 23.2 Å². The lowest BCUT2D eigenvalue weighted by molar-refractivity contribution is -0.147. The number of epoxide rings is 1. The standard InChI is InChI=1S/C20H33NO5/c1-12-7-6-8-19(2)9-14-16(17-20(12,19)26-17)13(18(22)25-14)10-21(3)11-15(23-4)24-5/h12-17H,6-11H2,1-5H3. The predicted molar refractivity (Wildman–Crippen MR) is 95.5 cm³/mol. The number of carbonyl (C=O) groups is 1. The molecule has 2 saturated heterocycles. The summed E-state index contributed by atoms with van der Waals surface area (Å²) < 4.78 is 22.9. The molecule has 2 saturated carbocycles. The van der Waals surface area contributed by atoms with Crippen molar-refractivity contribution in [2.75, 3.05) is 34.4 Å². The van der Waals surface area contributed by atoms with Crippen LogP contribution in [0.2, 0.25) is 0 Å². The summed E-state index contributed by atoms with van der Waals surface area (Å²) in [6.07, 6.45) is 4.51. The molecule has 2 aliphatic heterocycles. The quantitative estimate of drug-likeness (QED) is 0.407. The number of esters is 1. The molecule has 7 atom stereocenters. The molecule has 6 nitrogen and oxygen atoms in total. The van der Waals surface area contributed by atoms with Crippen molar-refractivity contribution in [3.05, 3.63) is 0 Å². The molecule has 0 aromatic carbocycles. The molecular weight excluding hydrogens is 334 g/mol. The predicted octanol–water partition coefficient (Wildman–Crippen LogP) is 2.06. The van der Waals surface area contributed by atoms with E-state index in [-0.39, 0.29) is 47.3 Å². The van der Waals surface area contributed by atoms with Crippen LogP contribution in [0.1, 0.15) is 39.5 Å². The number of rotatable bonds is 6. The van der Waals surface area contributed by atoms with Crippen LogP contribution in [0.25, 0.3) is 0 Å². The molecule has 4 aliphatic rings. The lowest BCUT2D eigenvalue weighted by Gasteiger charge is -2.49. The van der Waals surface area contributed by atoms with Crippen molar-refractivity contribution >= 4 is 5.97 Å². The van der Waals surface area contributed by atoms with Crippen molar-refractivity contribution in [1.29, 1.82) is 0 Å². The van der Waals surface area contributed by atoms with E-state index in [9.17, 15) is 4.79 Å². The smallest absolute Gasteiger partial charge is 0.311 e. The van der Waals surface area contributed by atoms with E-state index in [1.54, 1.807) is 14.2 Å². The van der Waals surface area contributed by atoms with Gasteiger partial charge in [0, 0.05) is 38.6 Å². The van der Waals surface area contributed by atoms with Crippen LogP contribution in [-0.2, 0) is 23.7 Å². The molecule has 0 bridgehead atoms. The summed E-state index contributed by atoms with van der Waals surface area (Å²) in [5.74, 6) is 0.566. The van der Waals surface area contributed by atoms with Gasteiger partial charge in [0.05, 0.1) is 12.0 Å². The van der Waals surface area contributed by atoms with Gasteiger partial charge in [0.1, 0.15) is 11.7 Å². The zero-order valence-corrected chi connectivity index (χ0v) is 16.7. The fourth-order valence-corrected chi connectivity index (χ4v) is 6.35. The maximum absolute atomic E-state index is 12.7. The van der Waals surface area contributed by atoms with E-state index in [1.807, 2.05) is 7.05 Å². The Labute approximate surface area is 156 Å². The third kappa shape index (κ3) is 2.56. The Hall–Kier alpha value is -0.690. The molecule has 0 aromatic rings. The van der Waals surface area contributed by atoms with Crippen molar-refractivity contribution in [3.63, 3.8) is 0 Å². The van der Waals surface area contributed by atoms with Crippen molar-refractivity contribution in [2.24, 2.45) is 23.2 Å². The van der Waals surface area contributed by atoms with Gasteiger partial charge in [0.2, 0.25) is 0 Å². The van der Waals surface area contributed by atoms with Crippen molar-refractivity contribution in [2.45, 2.75) is 63.6 Å². The molecule has 1 spiro atoms. The highest BCUT2D eigenvalue weighted by Crippen LogP contribution is 2.70. The summed E-state index contributed by atoms with van der Waals surface area (Å²) in [4.78, 5) is 14.8. The minimum Gasteiger partial charge on any atom is -0.462 e. The van der Waals surface area contributed by atoms with Gasteiger partial charge in [-0.25, -0.2) is 0 Å². The number of methoxy groups -OCH3 is 2. The number of ether oxygens (including phenoxy) is 4. The zero-order valence-electron chi connectivity index (χ0n) is 16.7. The third-order valence-electron chi connectivity index (χ3n) is 7.69. The second-order valence-corrected chi connectivity index (χ2v) is 9.17. The minimum atomic E-state index is -0.287. The maximum Gasteiger partial charge on any atom is 0.311 e. The fourth-order valence-electron chi connectivity index (χ4n) is 6.35. The Morgan fingerprint density at radius 1 is 1.35 bits per heavy atom. The van der Waals surface area contributed by atoms with Gasteiger partial charge in [0.15, 0.2) is 6.29 Å². The number of nitrogens with zero attached hydrogens (tertiary/aromatic N) is 1. The van der Waals surface area contributed by atoms with Crippen LogP contribution in [-0.4, -0.2) is 69.3 Å². The molecule has 0 N–H and O–H groups in total. The molecule has 6 heteroatoms. The van der Waals surface area contributed by atoms with Crippen LogP contribution >= 0.6 is 0 Å². The number of fused-ring (bicyclic) bond motifs is 2. The molecule has 0 amide bonds. The molecule has 2 heterocycles. The van der Waals surface area contributed by atoms with Crippen LogP contribution in [0.15, 0.2) is 0 Å². The third-order valence-corrected chi connectivity index (χ3v) is 7.69. The monoisotopic (exact) mass is 367 g/mol. The molecule has 7 unspecified atom stereocenters. The molecule has 0 aromatic heterocycles. The van der Waals surface area contributed by atoms with Gasteiger partial charge in [0.25, 0.3) is 0 Å². The van der Waals surface area contributed by atoms with Crippen molar-refractivity contribution < 1.29 is 23.7 Å². The molecule has 0 radical (unpaired) electrons. The highest BCUT2D eigenvalue weighted by molar-refractivity contribution is 5.76. The van der Waals surface area contributed by atoms with Gasteiger partial charge in [-0.3, -0.25) is 4.79 Å². The second-order valence-electron chi connectivity index (χ2n) is 9.17. The molecule has 2 aliphatic carbocycles. The lowest BCUT2D eigenvalue weighted by Crippen LogP contribution is -2.54. The zero-order chi connectivity index (χ0) is 18.7. The normalized spacial score (nSPS) is 46.7. The first-order valence-electron chi connectivity index (χ1n) is 9.98. The SMILES string of the molecule is COC(CN(C)CC1C(=O)OC2CC3(C)CCCC(C)C34OC4C21)OC. The minimum absolute atomic E-state index is 0.0115.